The minimum atomic E-state index is -0.0687. The zero-order valence-electron chi connectivity index (χ0n) is 20.4. The van der Waals surface area contributed by atoms with Crippen molar-refractivity contribution in [1.29, 1.82) is 5.26 Å². The van der Waals surface area contributed by atoms with Crippen LogP contribution in [0.2, 0.25) is 0 Å². The summed E-state index contributed by atoms with van der Waals surface area (Å²) < 4.78 is 6.08. The Morgan fingerprint density at radius 2 is 1.73 bits per heavy atom. The third-order valence-electron chi connectivity index (χ3n) is 6.39. The van der Waals surface area contributed by atoms with Crippen molar-refractivity contribution >= 4 is 28.5 Å². The number of nitrogens with zero attached hydrogens (tertiary/aromatic N) is 2. The first-order valence-electron chi connectivity index (χ1n) is 12.4. The van der Waals surface area contributed by atoms with Crippen molar-refractivity contribution in [1.82, 2.24) is 5.32 Å². The summed E-state index contributed by atoms with van der Waals surface area (Å²) >= 11 is 1.62. The van der Waals surface area contributed by atoms with E-state index in [9.17, 15) is 4.79 Å². The average molecular weight is 506 g/mol. The molecule has 1 aliphatic carbocycles. The molecule has 3 aromatic carbocycles. The van der Waals surface area contributed by atoms with Crippen LogP contribution in [0.3, 0.4) is 0 Å². The molecule has 0 aliphatic heterocycles. The van der Waals surface area contributed by atoms with Gasteiger partial charge in [-0.15, -0.1) is 11.3 Å². The van der Waals surface area contributed by atoms with E-state index >= 15 is 0 Å². The van der Waals surface area contributed by atoms with Crippen LogP contribution in [0.25, 0.3) is 0 Å². The van der Waals surface area contributed by atoms with Gasteiger partial charge >= 0.3 is 0 Å². The molecule has 0 spiro atoms. The Balaban J connectivity index is 1.36. The lowest BCUT2D eigenvalue weighted by Crippen LogP contribution is -2.24. The second kappa shape index (κ2) is 11.7. The number of ether oxygens (including phenoxy) is 1. The van der Waals surface area contributed by atoms with Gasteiger partial charge in [0, 0.05) is 23.2 Å². The number of benzene rings is 3. The minimum absolute atomic E-state index is 0.0687. The number of fused-ring (bicyclic) bond motifs is 1. The van der Waals surface area contributed by atoms with Gasteiger partial charge in [-0.1, -0.05) is 54.6 Å². The molecule has 1 aliphatic rings. The number of hydrogen-bond acceptors (Lipinski definition) is 5. The lowest BCUT2D eigenvalue weighted by atomic mass is 9.95. The van der Waals surface area contributed by atoms with Crippen LogP contribution in [0.1, 0.15) is 55.9 Å². The molecule has 0 radical (unpaired) electrons. The SMILES string of the molecule is N#Cc1ccc(COc2ccccc2C=Nc2sc3c(c2C(=O)NCc2ccccc2)CCCC3)cc1. The Morgan fingerprint density at radius 1 is 0.973 bits per heavy atom. The molecule has 1 N–H and O–H groups in total. The van der Waals surface area contributed by atoms with E-state index in [2.05, 4.69) is 11.4 Å². The second-order valence-electron chi connectivity index (χ2n) is 8.95. The fraction of sp³-hybridized carbons (Fsp3) is 0.194. The number of carbonyl (C=O) groups is 1. The quantitative estimate of drug-likeness (QED) is 0.269. The molecular formula is C31H27N3O2S. The first-order chi connectivity index (χ1) is 18.2. The van der Waals surface area contributed by atoms with Crippen LogP contribution in [0.5, 0.6) is 5.75 Å². The van der Waals surface area contributed by atoms with Gasteiger partial charge in [0.2, 0.25) is 0 Å². The largest absolute Gasteiger partial charge is 0.488 e. The van der Waals surface area contributed by atoms with E-state index in [1.807, 2.05) is 66.7 Å². The summed E-state index contributed by atoms with van der Waals surface area (Å²) in [6, 6.07) is 27.2. The zero-order valence-corrected chi connectivity index (χ0v) is 21.3. The lowest BCUT2D eigenvalue weighted by Gasteiger charge is -2.13. The molecule has 1 aromatic heterocycles. The van der Waals surface area contributed by atoms with Crippen molar-refractivity contribution in [2.75, 3.05) is 0 Å². The van der Waals surface area contributed by atoms with E-state index in [4.69, 9.17) is 15.0 Å². The van der Waals surface area contributed by atoms with Gasteiger partial charge in [0.1, 0.15) is 17.4 Å². The van der Waals surface area contributed by atoms with Gasteiger partial charge in [-0.3, -0.25) is 4.79 Å². The van der Waals surface area contributed by atoms with Gasteiger partial charge < -0.3 is 10.1 Å². The van der Waals surface area contributed by atoms with Gasteiger partial charge in [-0.25, -0.2) is 4.99 Å². The second-order valence-corrected chi connectivity index (χ2v) is 10.0. The number of nitrogens with one attached hydrogen (secondary N) is 1. The van der Waals surface area contributed by atoms with Gasteiger partial charge in [-0.2, -0.15) is 5.26 Å². The van der Waals surface area contributed by atoms with E-state index in [1.165, 1.54) is 4.88 Å². The number of carbonyl (C=O) groups excluding carboxylic acids is 1. The van der Waals surface area contributed by atoms with Crippen molar-refractivity contribution in [2.45, 2.75) is 38.8 Å². The fourth-order valence-electron chi connectivity index (χ4n) is 4.43. The maximum Gasteiger partial charge on any atom is 0.254 e. The maximum atomic E-state index is 13.3. The molecule has 0 fully saturated rings. The van der Waals surface area contributed by atoms with E-state index in [0.717, 1.165) is 52.9 Å². The van der Waals surface area contributed by atoms with Crippen molar-refractivity contribution in [3.8, 4) is 11.8 Å². The van der Waals surface area contributed by atoms with E-state index in [0.29, 0.717) is 30.0 Å². The Kier molecular flexibility index (Phi) is 7.73. The molecule has 5 rings (SSSR count). The monoisotopic (exact) mass is 505 g/mol. The summed E-state index contributed by atoms with van der Waals surface area (Å²) in [4.78, 5) is 19.4. The van der Waals surface area contributed by atoms with E-state index in [1.54, 1.807) is 29.7 Å². The molecule has 6 heteroatoms. The number of aryl methyl sites for hydroxylation is 1. The topological polar surface area (TPSA) is 74.5 Å². The van der Waals surface area contributed by atoms with Crippen LogP contribution >= 0.6 is 11.3 Å². The summed E-state index contributed by atoms with van der Waals surface area (Å²) in [5.74, 6) is 0.646. The van der Waals surface area contributed by atoms with Crippen LogP contribution in [-0.2, 0) is 26.0 Å². The van der Waals surface area contributed by atoms with Crippen LogP contribution in [0, 0.1) is 11.3 Å². The number of amides is 1. The molecule has 0 saturated heterocycles. The third kappa shape index (κ3) is 5.96. The lowest BCUT2D eigenvalue weighted by molar-refractivity contribution is 0.0951. The molecular weight excluding hydrogens is 478 g/mol. The molecule has 0 atom stereocenters. The first-order valence-corrected chi connectivity index (χ1v) is 13.2. The number of rotatable bonds is 8. The van der Waals surface area contributed by atoms with Crippen LogP contribution in [0.4, 0.5) is 5.00 Å². The van der Waals surface area contributed by atoms with E-state index in [-0.39, 0.29) is 5.91 Å². The summed E-state index contributed by atoms with van der Waals surface area (Å²) in [7, 11) is 0. The summed E-state index contributed by atoms with van der Waals surface area (Å²) in [6.45, 7) is 0.871. The predicted molar refractivity (Wildman–Crippen MR) is 148 cm³/mol. The Hall–Kier alpha value is -4.21. The normalized spacial score (nSPS) is 12.6. The number of aliphatic imine (C=N–C) groups is 1. The molecule has 0 bridgehead atoms. The smallest absolute Gasteiger partial charge is 0.254 e. The van der Waals surface area contributed by atoms with Crippen molar-refractivity contribution < 1.29 is 9.53 Å². The summed E-state index contributed by atoms with van der Waals surface area (Å²) in [5, 5.41) is 12.8. The highest BCUT2D eigenvalue weighted by molar-refractivity contribution is 7.16. The number of nitriles is 1. The van der Waals surface area contributed by atoms with Crippen molar-refractivity contribution in [3.05, 3.63) is 117 Å². The average Bonchev–Trinajstić information content (AvgIpc) is 3.33. The van der Waals surface area contributed by atoms with Gasteiger partial charge in [0.05, 0.1) is 17.2 Å². The molecule has 0 unspecified atom stereocenters. The summed E-state index contributed by atoms with van der Waals surface area (Å²) in [5.41, 5.74) is 5.38. The first kappa shape index (κ1) is 24.5. The zero-order chi connectivity index (χ0) is 25.5. The fourth-order valence-corrected chi connectivity index (χ4v) is 5.66. The minimum Gasteiger partial charge on any atom is -0.488 e. The van der Waals surface area contributed by atoms with Crippen LogP contribution in [-0.4, -0.2) is 12.1 Å². The predicted octanol–water partition coefficient (Wildman–Crippen LogP) is 6.76. The van der Waals surface area contributed by atoms with Gasteiger partial charge in [-0.05, 0) is 66.6 Å². The molecule has 0 saturated carbocycles. The Bertz CT molecular complexity index is 1450. The molecule has 184 valence electrons. The molecule has 1 amide bonds. The highest BCUT2D eigenvalue weighted by Crippen LogP contribution is 2.40. The third-order valence-corrected chi connectivity index (χ3v) is 7.59. The maximum absolute atomic E-state index is 13.3. The molecule has 4 aromatic rings. The highest BCUT2D eigenvalue weighted by atomic mass is 32.1. The van der Waals surface area contributed by atoms with Crippen molar-refractivity contribution in [3.63, 3.8) is 0 Å². The highest BCUT2D eigenvalue weighted by Gasteiger charge is 2.25. The summed E-state index contributed by atoms with van der Waals surface area (Å²) in [6.07, 6.45) is 5.95. The van der Waals surface area contributed by atoms with Crippen molar-refractivity contribution in [2.24, 2.45) is 4.99 Å². The Labute approximate surface area is 221 Å². The van der Waals surface area contributed by atoms with Gasteiger partial charge in [0.15, 0.2) is 0 Å². The standard InChI is InChI=1S/C31H27N3O2S/c32-18-22-14-16-24(17-15-22)21-36-27-12-6-4-10-25(27)20-34-31-29(26-11-5-7-13-28(26)37-31)30(35)33-19-23-8-2-1-3-9-23/h1-4,6,8-10,12,14-17,20H,5,7,11,13,19,21H2,(H,33,35). The molecule has 37 heavy (non-hydrogen) atoms. The molecule has 1 heterocycles. The number of hydrogen-bond donors (Lipinski definition) is 1. The Morgan fingerprint density at radius 3 is 2.54 bits per heavy atom. The van der Waals surface area contributed by atoms with E-state index < -0.39 is 0 Å². The van der Waals surface area contributed by atoms with Gasteiger partial charge in [0.25, 0.3) is 5.91 Å². The number of thiophene rings is 1. The van der Waals surface area contributed by atoms with Crippen LogP contribution in [0.15, 0.2) is 83.9 Å². The molecule has 5 nitrogen and oxygen atoms in total. The number of para-hydroxylation sites is 1. The van der Waals surface area contributed by atoms with Crippen LogP contribution < -0.4 is 10.1 Å².